The first-order chi connectivity index (χ1) is 8.56. The molecule has 1 heterocycles. The zero-order valence-electron chi connectivity index (χ0n) is 11.5. The van der Waals surface area contributed by atoms with Crippen molar-refractivity contribution in [2.24, 2.45) is 5.84 Å². The summed E-state index contributed by atoms with van der Waals surface area (Å²) >= 11 is 1.85. The van der Waals surface area contributed by atoms with Gasteiger partial charge in [-0.05, 0) is 25.4 Å². The van der Waals surface area contributed by atoms with Gasteiger partial charge in [-0.2, -0.15) is 11.8 Å². The molecule has 0 spiro atoms. The third-order valence-electron chi connectivity index (χ3n) is 2.56. The molecule has 0 amide bonds. The van der Waals surface area contributed by atoms with Gasteiger partial charge in [-0.15, -0.1) is 0 Å². The fourth-order valence-electron chi connectivity index (χ4n) is 1.49. The highest BCUT2D eigenvalue weighted by Crippen LogP contribution is 2.17. The second kappa shape index (κ2) is 7.43. The zero-order valence-corrected chi connectivity index (χ0v) is 12.3. The first-order valence-electron chi connectivity index (χ1n) is 6.18. The zero-order chi connectivity index (χ0) is 13.5. The van der Waals surface area contributed by atoms with E-state index in [1.165, 1.54) is 0 Å². The average molecular weight is 269 g/mol. The molecule has 0 aliphatic carbocycles. The number of nitrogens with zero attached hydrogens (tertiary/aromatic N) is 2. The Hall–Kier alpha value is -1.01. The third kappa shape index (κ3) is 4.70. The van der Waals surface area contributed by atoms with E-state index in [2.05, 4.69) is 47.7 Å². The summed E-state index contributed by atoms with van der Waals surface area (Å²) in [6, 6.07) is 2.22. The van der Waals surface area contributed by atoms with Crippen molar-refractivity contribution < 1.29 is 0 Å². The van der Waals surface area contributed by atoms with Crippen molar-refractivity contribution in [1.82, 2.24) is 9.97 Å². The number of hydrogen-bond acceptors (Lipinski definition) is 6. The van der Waals surface area contributed by atoms with Gasteiger partial charge in [0.05, 0.1) is 0 Å². The molecule has 1 rings (SSSR count). The summed E-state index contributed by atoms with van der Waals surface area (Å²) in [7, 11) is 0. The molecule has 0 aromatic carbocycles. The van der Waals surface area contributed by atoms with Gasteiger partial charge in [0.1, 0.15) is 17.5 Å². The Kier molecular flexibility index (Phi) is 6.21. The van der Waals surface area contributed by atoms with Crippen molar-refractivity contribution in [3.8, 4) is 0 Å². The first-order valence-corrected chi connectivity index (χ1v) is 7.57. The fraction of sp³-hybridized carbons (Fsp3) is 0.667. The maximum atomic E-state index is 5.43. The van der Waals surface area contributed by atoms with Gasteiger partial charge in [-0.3, -0.25) is 0 Å². The molecule has 0 bridgehead atoms. The van der Waals surface area contributed by atoms with Gasteiger partial charge in [-0.1, -0.05) is 13.8 Å². The van der Waals surface area contributed by atoms with Crippen molar-refractivity contribution in [2.45, 2.75) is 39.2 Å². The average Bonchev–Trinajstić information content (AvgIpc) is 2.35. The molecular weight excluding hydrogens is 246 g/mol. The molecule has 0 fully saturated rings. The van der Waals surface area contributed by atoms with E-state index in [1.807, 2.05) is 17.8 Å². The van der Waals surface area contributed by atoms with Crippen LogP contribution in [0.15, 0.2) is 6.07 Å². The number of hydrogen-bond donors (Lipinski definition) is 3. The summed E-state index contributed by atoms with van der Waals surface area (Å²) in [5, 5.41) is 3.39. The predicted molar refractivity (Wildman–Crippen MR) is 80.0 cm³/mol. The van der Waals surface area contributed by atoms with Crippen LogP contribution in [0.4, 0.5) is 11.6 Å². The highest BCUT2D eigenvalue weighted by atomic mass is 32.2. The summed E-state index contributed by atoms with van der Waals surface area (Å²) in [6.45, 7) is 6.29. The molecule has 0 aliphatic rings. The summed E-state index contributed by atoms with van der Waals surface area (Å²) in [5.41, 5.74) is 2.58. The molecule has 18 heavy (non-hydrogen) atoms. The molecule has 1 atom stereocenters. The SMILES string of the molecule is CSCCC(C)Nc1cc(NN)nc(C(C)C)n1. The molecular formula is C12H23N5S. The van der Waals surface area contributed by atoms with Crippen LogP contribution in [-0.4, -0.2) is 28.0 Å². The summed E-state index contributed by atoms with van der Waals surface area (Å²) in [4.78, 5) is 8.83. The van der Waals surface area contributed by atoms with E-state index < -0.39 is 0 Å². The number of rotatable bonds is 7. The maximum Gasteiger partial charge on any atom is 0.145 e. The second-order valence-corrected chi connectivity index (χ2v) is 5.61. The van der Waals surface area contributed by atoms with E-state index in [9.17, 15) is 0 Å². The number of nitrogens with one attached hydrogen (secondary N) is 2. The van der Waals surface area contributed by atoms with E-state index >= 15 is 0 Å². The Morgan fingerprint density at radius 3 is 2.50 bits per heavy atom. The molecule has 1 aromatic rings. The molecule has 0 saturated carbocycles. The number of hydrazine groups is 1. The summed E-state index contributed by atoms with van der Waals surface area (Å²) < 4.78 is 0. The Bertz CT molecular complexity index is 369. The molecule has 6 heteroatoms. The fourth-order valence-corrected chi connectivity index (χ4v) is 2.08. The maximum absolute atomic E-state index is 5.43. The number of nitrogens with two attached hydrogens (primary N) is 1. The molecule has 4 N–H and O–H groups in total. The molecule has 1 unspecified atom stereocenters. The Labute approximate surface area is 113 Å². The number of aromatic nitrogens is 2. The van der Waals surface area contributed by atoms with Crippen molar-refractivity contribution in [1.29, 1.82) is 0 Å². The van der Waals surface area contributed by atoms with Crippen LogP contribution in [0.2, 0.25) is 0 Å². The lowest BCUT2D eigenvalue weighted by molar-refractivity contribution is 0.746. The molecule has 102 valence electrons. The van der Waals surface area contributed by atoms with Gasteiger partial charge >= 0.3 is 0 Å². The van der Waals surface area contributed by atoms with Gasteiger partial charge < -0.3 is 10.7 Å². The Morgan fingerprint density at radius 1 is 1.28 bits per heavy atom. The number of anilines is 2. The van der Waals surface area contributed by atoms with Crippen LogP contribution < -0.4 is 16.6 Å². The van der Waals surface area contributed by atoms with E-state index in [1.54, 1.807) is 0 Å². The van der Waals surface area contributed by atoms with Crippen molar-refractivity contribution in [3.63, 3.8) is 0 Å². The molecule has 0 radical (unpaired) electrons. The standard InChI is InChI=1S/C12H23N5S/c1-8(2)12-15-10(7-11(16-12)17-13)14-9(3)5-6-18-4/h7-9H,5-6,13H2,1-4H3,(H2,14,15,16,17). The van der Waals surface area contributed by atoms with Crippen LogP contribution in [0, 0.1) is 0 Å². The van der Waals surface area contributed by atoms with Gasteiger partial charge in [0.15, 0.2) is 0 Å². The monoisotopic (exact) mass is 269 g/mol. The van der Waals surface area contributed by atoms with Gasteiger partial charge in [0.2, 0.25) is 0 Å². The minimum Gasteiger partial charge on any atom is -0.367 e. The van der Waals surface area contributed by atoms with Gasteiger partial charge in [0, 0.05) is 18.0 Å². The first kappa shape index (κ1) is 15.0. The predicted octanol–water partition coefficient (Wildman–Crippen LogP) is 2.44. The lowest BCUT2D eigenvalue weighted by Gasteiger charge is -2.16. The van der Waals surface area contributed by atoms with E-state index in [0.29, 0.717) is 11.9 Å². The largest absolute Gasteiger partial charge is 0.367 e. The van der Waals surface area contributed by atoms with Crippen LogP contribution in [0.3, 0.4) is 0 Å². The third-order valence-corrected chi connectivity index (χ3v) is 3.20. The number of nitrogen functional groups attached to an aromatic ring is 1. The summed E-state index contributed by atoms with van der Waals surface area (Å²) in [5.74, 6) is 9.11. The van der Waals surface area contributed by atoms with Crippen LogP contribution in [0.25, 0.3) is 0 Å². The second-order valence-electron chi connectivity index (χ2n) is 4.62. The molecule has 1 aromatic heterocycles. The van der Waals surface area contributed by atoms with Crippen LogP contribution in [-0.2, 0) is 0 Å². The van der Waals surface area contributed by atoms with E-state index in [4.69, 9.17) is 5.84 Å². The molecule has 0 saturated heterocycles. The topological polar surface area (TPSA) is 75.9 Å². The van der Waals surface area contributed by atoms with Crippen LogP contribution in [0.1, 0.15) is 38.9 Å². The van der Waals surface area contributed by atoms with Crippen LogP contribution in [0.5, 0.6) is 0 Å². The number of thioether (sulfide) groups is 1. The van der Waals surface area contributed by atoms with E-state index in [-0.39, 0.29) is 5.92 Å². The van der Waals surface area contributed by atoms with E-state index in [0.717, 1.165) is 23.8 Å². The van der Waals surface area contributed by atoms with Crippen molar-refractivity contribution in [3.05, 3.63) is 11.9 Å². The molecule has 0 aliphatic heterocycles. The molecule has 5 nitrogen and oxygen atoms in total. The minimum atomic E-state index is 0.278. The minimum absolute atomic E-state index is 0.278. The lowest BCUT2D eigenvalue weighted by atomic mass is 10.2. The Balaban J connectivity index is 2.77. The Morgan fingerprint density at radius 2 is 1.94 bits per heavy atom. The lowest BCUT2D eigenvalue weighted by Crippen LogP contribution is -2.19. The van der Waals surface area contributed by atoms with Crippen LogP contribution >= 0.6 is 11.8 Å². The highest BCUT2D eigenvalue weighted by Gasteiger charge is 2.09. The van der Waals surface area contributed by atoms with Gasteiger partial charge in [0.25, 0.3) is 0 Å². The normalized spacial score (nSPS) is 12.6. The summed E-state index contributed by atoms with van der Waals surface area (Å²) in [6.07, 6.45) is 3.22. The smallest absolute Gasteiger partial charge is 0.145 e. The quantitative estimate of drug-likeness (QED) is 0.521. The van der Waals surface area contributed by atoms with Crippen molar-refractivity contribution >= 4 is 23.4 Å². The highest BCUT2D eigenvalue weighted by molar-refractivity contribution is 7.98. The van der Waals surface area contributed by atoms with Crippen molar-refractivity contribution in [2.75, 3.05) is 22.8 Å². The van der Waals surface area contributed by atoms with Gasteiger partial charge in [-0.25, -0.2) is 15.8 Å².